The first-order valence-corrected chi connectivity index (χ1v) is 7.84. The first kappa shape index (κ1) is 19.7. The molecule has 1 fully saturated rings. The lowest BCUT2D eigenvalue weighted by molar-refractivity contribution is -0.175. The van der Waals surface area contributed by atoms with Gasteiger partial charge in [-0.2, -0.15) is 0 Å². The molecule has 6 N–H and O–H groups in total. The Morgan fingerprint density at radius 2 is 2.00 bits per heavy atom. The summed E-state index contributed by atoms with van der Waals surface area (Å²) in [7, 11) is 1.38. The van der Waals surface area contributed by atoms with Gasteiger partial charge in [0.05, 0.1) is 19.3 Å². The number of aliphatic hydroxyl groups is 3. The van der Waals surface area contributed by atoms with Crippen LogP contribution >= 0.6 is 0 Å². The van der Waals surface area contributed by atoms with Crippen molar-refractivity contribution in [1.29, 1.82) is 0 Å². The third-order valence-electron chi connectivity index (χ3n) is 4.27. The highest BCUT2D eigenvalue weighted by molar-refractivity contribution is 5.92. The second-order valence-electron chi connectivity index (χ2n) is 6.18. The summed E-state index contributed by atoms with van der Waals surface area (Å²) in [5.41, 5.74) is -1.67. The summed E-state index contributed by atoms with van der Waals surface area (Å²) in [6.07, 6.45) is -1.29. The summed E-state index contributed by atoms with van der Waals surface area (Å²) in [6, 6.07) is 3.31. The predicted molar refractivity (Wildman–Crippen MR) is 89.5 cm³/mol. The molecule has 1 aliphatic rings. The number of phenolic OH excluding ortho intramolecular Hbond substituents is 1. The number of hydrogen-bond donors (Lipinski definition) is 6. The molecule has 0 saturated heterocycles. The normalized spacial score (nSPS) is 28.7. The molecule has 4 atom stereocenters. The van der Waals surface area contributed by atoms with E-state index in [-0.39, 0.29) is 11.5 Å². The minimum atomic E-state index is -2.23. The number of rotatable bonds is 5. The number of carbonyl (C=O) groups excluding carboxylic acids is 1. The lowest BCUT2D eigenvalue weighted by atomic mass is 9.78. The molecular weight excluding hydrogens is 346 g/mol. The van der Waals surface area contributed by atoms with Crippen LogP contribution in [0.4, 0.5) is 0 Å². The number of carboxylic acid groups (broad SMARTS) is 1. The molecule has 1 saturated carbocycles. The van der Waals surface area contributed by atoms with Gasteiger partial charge in [-0.25, -0.2) is 4.79 Å². The van der Waals surface area contributed by atoms with E-state index in [0.717, 1.165) is 6.08 Å². The minimum absolute atomic E-state index is 0.0543. The van der Waals surface area contributed by atoms with Crippen molar-refractivity contribution in [2.45, 2.75) is 36.7 Å². The van der Waals surface area contributed by atoms with Gasteiger partial charge >= 0.3 is 5.97 Å². The molecule has 0 unspecified atom stereocenters. The maximum absolute atomic E-state index is 12.0. The van der Waals surface area contributed by atoms with Crippen molar-refractivity contribution < 1.29 is 39.9 Å². The van der Waals surface area contributed by atoms with E-state index in [9.17, 15) is 30.0 Å². The van der Waals surface area contributed by atoms with Crippen LogP contribution < -0.4 is 10.1 Å². The van der Waals surface area contributed by atoms with Gasteiger partial charge in [-0.3, -0.25) is 4.79 Å². The van der Waals surface area contributed by atoms with Crippen LogP contribution in [-0.4, -0.2) is 68.4 Å². The zero-order valence-corrected chi connectivity index (χ0v) is 14.0. The van der Waals surface area contributed by atoms with Gasteiger partial charge in [-0.1, -0.05) is 6.07 Å². The lowest BCUT2D eigenvalue weighted by Gasteiger charge is -2.39. The summed E-state index contributed by atoms with van der Waals surface area (Å²) in [5, 5.41) is 50.7. The molecule has 1 aliphatic carbocycles. The second kappa shape index (κ2) is 7.73. The van der Waals surface area contributed by atoms with Crippen LogP contribution in [0.15, 0.2) is 24.3 Å². The van der Waals surface area contributed by atoms with Gasteiger partial charge in [0.2, 0.25) is 5.91 Å². The predicted octanol–water partition coefficient (Wildman–Crippen LogP) is -0.770. The Hall–Kier alpha value is -2.62. The molecule has 0 bridgehead atoms. The molecule has 142 valence electrons. The van der Waals surface area contributed by atoms with E-state index in [1.54, 1.807) is 6.07 Å². The summed E-state index contributed by atoms with van der Waals surface area (Å²) < 4.78 is 4.96. The molecule has 0 spiro atoms. The van der Waals surface area contributed by atoms with E-state index in [4.69, 9.17) is 9.84 Å². The number of carbonyl (C=O) groups is 2. The number of carboxylic acids is 1. The minimum Gasteiger partial charge on any atom is -0.504 e. The average Bonchev–Trinajstić information content (AvgIpc) is 2.58. The largest absolute Gasteiger partial charge is 0.504 e. The fourth-order valence-corrected chi connectivity index (χ4v) is 2.81. The molecule has 1 aromatic rings. The molecule has 0 radical (unpaired) electrons. The Kier molecular flexibility index (Phi) is 5.86. The van der Waals surface area contributed by atoms with E-state index in [1.807, 2.05) is 0 Å². The number of aliphatic carboxylic acids is 1. The van der Waals surface area contributed by atoms with E-state index in [2.05, 4.69) is 5.32 Å². The Morgan fingerprint density at radius 3 is 2.62 bits per heavy atom. The lowest BCUT2D eigenvalue weighted by Crippen LogP contribution is -2.60. The van der Waals surface area contributed by atoms with E-state index in [1.165, 1.54) is 25.3 Å². The zero-order chi connectivity index (χ0) is 19.5. The van der Waals surface area contributed by atoms with Crippen molar-refractivity contribution >= 4 is 18.0 Å². The Morgan fingerprint density at radius 1 is 1.31 bits per heavy atom. The van der Waals surface area contributed by atoms with Crippen LogP contribution in [0.2, 0.25) is 0 Å². The number of phenols is 1. The van der Waals surface area contributed by atoms with Crippen LogP contribution in [0.5, 0.6) is 11.5 Å². The zero-order valence-electron chi connectivity index (χ0n) is 14.0. The van der Waals surface area contributed by atoms with Crippen molar-refractivity contribution in [3.63, 3.8) is 0 Å². The number of ether oxygens (including phenoxy) is 1. The number of hydrogen-bond acceptors (Lipinski definition) is 7. The van der Waals surface area contributed by atoms with Crippen LogP contribution in [0.3, 0.4) is 0 Å². The van der Waals surface area contributed by atoms with E-state index in [0.29, 0.717) is 5.56 Å². The molecule has 9 heteroatoms. The van der Waals surface area contributed by atoms with Crippen molar-refractivity contribution in [2.75, 3.05) is 7.11 Å². The maximum atomic E-state index is 12.0. The van der Waals surface area contributed by atoms with Crippen LogP contribution in [0.1, 0.15) is 18.4 Å². The number of methoxy groups -OCH3 is 1. The van der Waals surface area contributed by atoms with Gasteiger partial charge in [0.1, 0.15) is 6.10 Å². The molecule has 1 amide bonds. The Bertz CT molecular complexity index is 719. The van der Waals surface area contributed by atoms with Crippen molar-refractivity contribution in [1.82, 2.24) is 5.32 Å². The maximum Gasteiger partial charge on any atom is 0.335 e. The van der Waals surface area contributed by atoms with Gasteiger partial charge in [0.25, 0.3) is 0 Å². The molecule has 0 heterocycles. The SMILES string of the molecule is COc1cc(/C=C/C(=O)N[C@H]2C[C@](O)(C(=O)O)C[C@@H](O)[C@H]2O)ccc1O. The Labute approximate surface area is 149 Å². The van der Waals surface area contributed by atoms with Crippen LogP contribution in [0.25, 0.3) is 6.08 Å². The number of aromatic hydroxyl groups is 1. The summed E-state index contributed by atoms with van der Waals surface area (Å²) in [6.45, 7) is 0. The monoisotopic (exact) mass is 367 g/mol. The number of amides is 1. The van der Waals surface area contributed by atoms with Gasteiger partial charge in [-0.05, 0) is 23.8 Å². The highest BCUT2D eigenvalue weighted by Crippen LogP contribution is 2.30. The first-order chi connectivity index (χ1) is 12.2. The average molecular weight is 367 g/mol. The van der Waals surface area contributed by atoms with E-state index >= 15 is 0 Å². The highest BCUT2D eigenvalue weighted by atomic mass is 16.5. The topological polar surface area (TPSA) is 157 Å². The summed E-state index contributed by atoms with van der Waals surface area (Å²) in [5.74, 6) is -2.01. The molecule has 26 heavy (non-hydrogen) atoms. The van der Waals surface area contributed by atoms with Crippen molar-refractivity contribution in [3.05, 3.63) is 29.8 Å². The van der Waals surface area contributed by atoms with Crippen molar-refractivity contribution in [2.24, 2.45) is 0 Å². The number of aliphatic hydroxyl groups excluding tert-OH is 2. The molecule has 0 aliphatic heterocycles. The second-order valence-corrected chi connectivity index (χ2v) is 6.18. The molecular formula is C17H21NO8. The van der Waals surface area contributed by atoms with Crippen LogP contribution in [0, 0.1) is 0 Å². The third-order valence-corrected chi connectivity index (χ3v) is 4.27. The summed E-state index contributed by atoms with van der Waals surface area (Å²) >= 11 is 0. The molecule has 1 aromatic carbocycles. The fourth-order valence-electron chi connectivity index (χ4n) is 2.81. The summed E-state index contributed by atoms with van der Waals surface area (Å²) in [4.78, 5) is 23.2. The molecule has 9 nitrogen and oxygen atoms in total. The third kappa shape index (κ3) is 4.31. The fraction of sp³-hybridized carbons (Fsp3) is 0.412. The highest BCUT2D eigenvalue weighted by Gasteiger charge is 2.49. The quantitative estimate of drug-likeness (QED) is 0.371. The standard InChI is InChI=1S/C17H21NO8/c1-26-13-6-9(2-4-11(13)19)3-5-14(21)18-10-7-17(25,16(23)24)8-12(20)15(10)22/h2-6,10,12,15,19-20,22,25H,7-8H2,1H3,(H,18,21)(H,23,24)/b5-3+/t10-,12+,15-,17+/m0/s1. The van der Waals surface area contributed by atoms with E-state index < -0.39 is 48.6 Å². The Balaban J connectivity index is 2.07. The molecule has 0 aromatic heterocycles. The molecule has 2 rings (SSSR count). The van der Waals surface area contributed by atoms with Crippen LogP contribution in [-0.2, 0) is 9.59 Å². The smallest absolute Gasteiger partial charge is 0.335 e. The van der Waals surface area contributed by atoms with Gasteiger partial charge in [0, 0.05) is 18.9 Å². The first-order valence-electron chi connectivity index (χ1n) is 7.84. The number of benzene rings is 1. The number of nitrogens with one attached hydrogen (secondary N) is 1. The van der Waals surface area contributed by atoms with Gasteiger partial charge < -0.3 is 35.6 Å². The van der Waals surface area contributed by atoms with Gasteiger partial charge in [0.15, 0.2) is 17.1 Å². The van der Waals surface area contributed by atoms with Crippen molar-refractivity contribution in [3.8, 4) is 11.5 Å². The van der Waals surface area contributed by atoms with Gasteiger partial charge in [-0.15, -0.1) is 0 Å².